The van der Waals surface area contributed by atoms with Gasteiger partial charge in [0.25, 0.3) is 0 Å². The molecule has 0 aromatic heterocycles. The predicted molar refractivity (Wildman–Crippen MR) is 68.8 cm³/mol. The molecule has 0 amide bonds. The van der Waals surface area contributed by atoms with Crippen molar-refractivity contribution in [3.05, 3.63) is 29.8 Å². The molecule has 0 bridgehead atoms. The molecule has 0 saturated heterocycles. The number of thioether (sulfide) groups is 1. The number of phenolic OH excluding ortho intramolecular Hbond substituents is 1. The van der Waals surface area contributed by atoms with Gasteiger partial charge < -0.3 is 15.5 Å². The molecule has 0 fully saturated rings. The van der Waals surface area contributed by atoms with Gasteiger partial charge in [-0.3, -0.25) is 0 Å². The highest BCUT2D eigenvalue weighted by molar-refractivity contribution is 7.98. The summed E-state index contributed by atoms with van der Waals surface area (Å²) in [5, 5.41) is 21.6. The lowest BCUT2D eigenvalue weighted by molar-refractivity contribution is 0.269. The second-order valence-electron chi connectivity index (χ2n) is 3.72. The summed E-state index contributed by atoms with van der Waals surface area (Å²) in [4.78, 5) is 0. The average Bonchev–Trinajstić information content (AvgIpc) is 2.27. The minimum absolute atomic E-state index is 0.207. The molecule has 1 aromatic rings. The fraction of sp³-hybridized carbons (Fsp3) is 0.500. The minimum Gasteiger partial charge on any atom is -0.508 e. The number of aliphatic hydroxyl groups is 1. The van der Waals surface area contributed by atoms with Crippen LogP contribution in [0.2, 0.25) is 0 Å². The van der Waals surface area contributed by atoms with Gasteiger partial charge in [-0.1, -0.05) is 12.1 Å². The van der Waals surface area contributed by atoms with Gasteiger partial charge in [-0.2, -0.15) is 11.8 Å². The molecule has 0 spiro atoms. The van der Waals surface area contributed by atoms with Crippen molar-refractivity contribution in [3.63, 3.8) is 0 Å². The van der Waals surface area contributed by atoms with Gasteiger partial charge in [-0.15, -0.1) is 0 Å². The Bertz CT molecular complexity index is 301. The Morgan fingerprint density at radius 3 is 2.88 bits per heavy atom. The maximum absolute atomic E-state index is 9.31. The highest BCUT2D eigenvalue weighted by atomic mass is 32.2. The van der Waals surface area contributed by atoms with E-state index >= 15 is 0 Å². The Morgan fingerprint density at radius 2 is 2.25 bits per heavy atom. The summed E-state index contributed by atoms with van der Waals surface area (Å²) in [5.74, 6) is 1.28. The zero-order valence-electron chi connectivity index (χ0n) is 9.52. The maximum atomic E-state index is 9.31. The van der Waals surface area contributed by atoms with Gasteiger partial charge in [0.15, 0.2) is 0 Å². The van der Waals surface area contributed by atoms with E-state index in [1.165, 1.54) is 0 Å². The first kappa shape index (κ1) is 13.4. The van der Waals surface area contributed by atoms with Crippen LogP contribution in [0.5, 0.6) is 5.75 Å². The third kappa shape index (κ3) is 4.88. The number of hydrogen-bond donors (Lipinski definition) is 3. The molecule has 4 heteroatoms. The molecule has 0 heterocycles. The number of aliphatic hydroxyl groups excluding tert-OH is 1. The number of hydrogen-bond acceptors (Lipinski definition) is 4. The summed E-state index contributed by atoms with van der Waals surface area (Å²) in [6.45, 7) is 0.928. The molecular formula is C12H19NO2S. The summed E-state index contributed by atoms with van der Waals surface area (Å²) in [5.41, 5.74) is 1.06. The fourth-order valence-corrected chi connectivity index (χ4v) is 2.22. The molecule has 1 unspecified atom stereocenters. The van der Waals surface area contributed by atoms with Crippen molar-refractivity contribution < 1.29 is 10.2 Å². The first-order valence-electron chi connectivity index (χ1n) is 5.37. The Morgan fingerprint density at radius 1 is 1.44 bits per heavy atom. The molecule has 0 aliphatic carbocycles. The van der Waals surface area contributed by atoms with Gasteiger partial charge in [-0.05, 0) is 30.4 Å². The predicted octanol–water partition coefficient (Wildman–Crippen LogP) is 1.60. The van der Waals surface area contributed by atoms with Crippen molar-refractivity contribution in [1.82, 2.24) is 5.32 Å². The molecule has 3 N–H and O–H groups in total. The van der Waals surface area contributed by atoms with E-state index in [0.29, 0.717) is 11.8 Å². The normalized spacial score (nSPS) is 12.6. The molecule has 0 aliphatic heterocycles. The number of rotatable bonds is 7. The van der Waals surface area contributed by atoms with E-state index in [0.717, 1.165) is 24.3 Å². The first-order valence-corrected chi connectivity index (χ1v) is 6.76. The molecule has 1 rings (SSSR count). The van der Waals surface area contributed by atoms with Crippen LogP contribution in [0.4, 0.5) is 0 Å². The van der Waals surface area contributed by atoms with Crippen LogP contribution < -0.4 is 5.32 Å². The number of benzene rings is 1. The van der Waals surface area contributed by atoms with Crippen molar-refractivity contribution in [2.75, 3.05) is 18.6 Å². The average molecular weight is 241 g/mol. The van der Waals surface area contributed by atoms with Gasteiger partial charge in [0.05, 0.1) is 0 Å². The largest absolute Gasteiger partial charge is 0.508 e. The van der Waals surface area contributed by atoms with Crippen LogP contribution in [0.15, 0.2) is 24.3 Å². The summed E-state index contributed by atoms with van der Waals surface area (Å²) in [6, 6.07) is 7.55. The van der Waals surface area contributed by atoms with E-state index in [-0.39, 0.29) is 6.61 Å². The zero-order valence-corrected chi connectivity index (χ0v) is 10.3. The minimum atomic E-state index is 0.207. The van der Waals surface area contributed by atoms with Crippen molar-refractivity contribution in [3.8, 4) is 5.75 Å². The molecule has 16 heavy (non-hydrogen) atoms. The highest BCUT2D eigenvalue weighted by Crippen LogP contribution is 2.11. The van der Waals surface area contributed by atoms with Gasteiger partial charge in [0.1, 0.15) is 5.75 Å². The van der Waals surface area contributed by atoms with Crippen LogP contribution in [0.25, 0.3) is 0 Å². The van der Waals surface area contributed by atoms with Crippen LogP contribution in [0, 0.1) is 0 Å². The van der Waals surface area contributed by atoms with E-state index in [1.807, 2.05) is 12.1 Å². The molecule has 1 atom stereocenters. The molecule has 0 saturated carbocycles. The van der Waals surface area contributed by atoms with Gasteiger partial charge in [0, 0.05) is 24.9 Å². The lowest BCUT2D eigenvalue weighted by Gasteiger charge is -2.16. The van der Waals surface area contributed by atoms with Gasteiger partial charge >= 0.3 is 0 Å². The monoisotopic (exact) mass is 241 g/mol. The Balaban J connectivity index is 2.41. The summed E-state index contributed by atoms with van der Waals surface area (Å²) < 4.78 is 0. The van der Waals surface area contributed by atoms with Crippen molar-refractivity contribution in [2.24, 2.45) is 0 Å². The number of nitrogens with one attached hydrogen (secondary N) is 1. The third-order valence-electron chi connectivity index (χ3n) is 2.35. The van der Waals surface area contributed by atoms with Crippen LogP contribution >= 0.6 is 11.8 Å². The van der Waals surface area contributed by atoms with Crippen LogP contribution in [0.3, 0.4) is 0 Å². The van der Waals surface area contributed by atoms with Gasteiger partial charge in [-0.25, -0.2) is 0 Å². The molecule has 1 aromatic carbocycles. The van der Waals surface area contributed by atoms with Crippen molar-refractivity contribution in [1.29, 1.82) is 0 Å². The van der Waals surface area contributed by atoms with Crippen LogP contribution in [0.1, 0.15) is 12.0 Å². The van der Waals surface area contributed by atoms with Crippen LogP contribution in [-0.2, 0) is 6.54 Å². The topological polar surface area (TPSA) is 52.5 Å². The summed E-state index contributed by atoms with van der Waals surface area (Å²) in [6.07, 6.45) is 2.82. The lowest BCUT2D eigenvalue weighted by atomic mass is 10.2. The Kier molecular flexibility index (Phi) is 6.30. The number of phenols is 1. The molecule has 3 nitrogen and oxygen atoms in total. The summed E-state index contributed by atoms with van der Waals surface area (Å²) in [7, 11) is 0. The maximum Gasteiger partial charge on any atom is 0.115 e. The fourth-order valence-electron chi connectivity index (χ4n) is 1.53. The Labute approximate surface area is 101 Å². The first-order chi connectivity index (χ1) is 7.76. The third-order valence-corrected chi connectivity index (χ3v) is 3.09. The van der Waals surface area contributed by atoms with E-state index in [9.17, 15) is 5.11 Å². The zero-order chi connectivity index (χ0) is 11.8. The molecule has 90 valence electrons. The highest BCUT2D eigenvalue weighted by Gasteiger charge is 2.06. The van der Waals surface area contributed by atoms with E-state index in [4.69, 9.17) is 5.11 Å². The molecule has 0 aliphatic rings. The van der Waals surface area contributed by atoms with Crippen molar-refractivity contribution >= 4 is 11.8 Å². The van der Waals surface area contributed by atoms with E-state index in [2.05, 4.69) is 11.6 Å². The SMILES string of the molecule is CSCC(CCO)NCc1cccc(O)c1. The summed E-state index contributed by atoms with van der Waals surface area (Å²) >= 11 is 1.76. The van der Waals surface area contributed by atoms with E-state index in [1.54, 1.807) is 23.9 Å². The quantitative estimate of drug-likeness (QED) is 0.678. The van der Waals surface area contributed by atoms with Crippen molar-refractivity contribution in [2.45, 2.75) is 19.0 Å². The molecule has 0 radical (unpaired) electrons. The lowest BCUT2D eigenvalue weighted by Crippen LogP contribution is -2.31. The second kappa shape index (κ2) is 7.54. The second-order valence-corrected chi connectivity index (χ2v) is 4.63. The van der Waals surface area contributed by atoms with E-state index < -0.39 is 0 Å². The Hall–Kier alpha value is -0.710. The van der Waals surface area contributed by atoms with Crippen LogP contribution in [-0.4, -0.2) is 34.9 Å². The number of aromatic hydroxyl groups is 1. The smallest absolute Gasteiger partial charge is 0.115 e. The van der Waals surface area contributed by atoms with Gasteiger partial charge in [0.2, 0.25) is 0 Å². The standard InChI is InChI=1S/C12H19NO2S/c1-16-9-11(5-6-14)13-8-10-3-2-4-12(15)7-10/h2-4,7,11,13-15H,5-6,8-9H2,1H3. The molecular weight excluding hydrogens is 222 g/mol.